The molecule has 0 unspecified atom stereocenters. The van der Waals surface area contributed by atoms with Gasteiger partial charge in [0.25, 0.3) is 0 Å². The lowest BCUT2D eigenvalue weighted by atomic mass is 9.97. The number of nitrogens with one attached hydrogen (secondary N) is 2. The molecule has 1 aromatic rings. The number of thiocarbonyl (C=S) groups is 1. The molecule has 0 amide bonds. The third-order valence-corrected chi connectivity index (χ3v) is 4.65. The van der Waals surface area contributed by atoms with Crippen molar-refractivity contribution in [3.8, 4) is 0 Å². The van der Waals surface area contributed by atoms with E-state index in [9.17, 15) is 0 Å². The second-order valence-electron chi connectivity index (χ2n) is 5.26. The van der Waals surface area contributed by atoms with Crippen LogP contribution in [0.15, 0.2) is 22.7 Å². The standard InChI is InChI=1S/C15H20BrClN2S/c16-11-8-9-14(13(17)10-11)19-15(20)18-12-6-4-2-1-3-5-7-12/h8-10,12H,1-7H2,(H2,18,19,20). The Balaban J connectivity index is 1.87. The molecule has 2 nitrogen and oxygen atoms in total. The summed E-state index contributed by atoms with van der Waals surface area (Å²) in [4.78, 5) is 0. The molecule has 2 N–H and O–H groups in total. The van der Waals surface area contributed by atoms with E-state index >= 15 is 0 Å². The van der Waals surface area contributed by atoms with Crippen LogP contribution in [0.5, 0.6) is 0 Å². The monoisotopic (exact) mass is 374 g/mol. The second-order valence-corrected chi connectivity index (χ2v) is 7.00. The summed E-state index contributed by atoms with van der Waals surface area (Å²) >= 11 is 15.0. The Morgan fingerprint density at radius 3 is 2.45 bits per heavy atom. The quantitative estimate of drug-likeness (QED) is 0.667. The van der Waals surface area contributed by atoms with Crippen molar-refractivity contribution in [1.29, 1.82) is 0 Å². The highest BCUT2D eigenvalue weighted by atomic mass is 79.9. The van der Waals surface area contributed by atoms with Crippen LogP contribution in [0.3, 0.4) is 0 Å². The van der Waals surface area contributed by atoms with Crippen LogP contribution in [0.1, 0.15) is 44.9 Å². The average molecular weight is 376 g/mol. The maximum Gasteiger partial charge on any atom is 0.171 e. The van der Waals surface area contributed by atoms with Crippen molar-refractivity contribution in [2.75, 3.05) is 5.32 Å². The Labute approximate surface area is 139 Å². The Morgan fingerprint density at radius 2 is 1.80 bits per heavy atom. The van der Waals surface area contributed by atoms with Gasteiger partial charge in [0.1, 0.15) is 0 Å². The zero-order chi connectivity index (χ0) is 14.4. The average Bonchev–Trinajstić information content (AvgIpc) is 2.36. The van der Waals surface area contributed by atoms with Crippen LogP contribution in [-0.2, 0) is 0 Å². The van der Waals surface area contributed by atoms with Crippen LogP contribution in [-0.4, -0.2) is 11.2 Å². The summed E-state index contributed by atoms with van der Waals surface area (Å²) in [5.74, 6) is 0. The molecule has 0 heterocycles. The number of anilines is 1. The molecule has 1 aromatic carbocycles. The summed E-state index contributed by atoms with van der Waals surface area (Å²) in [5.41, 5.74) is 0.846. The first-order chi connectivity index (χ1) is 9.65. The molecule has 110 valence electrons. The van der Waals surface area contributed by atoms with E-state index < -0.39 is 0 Å². The molecule has 1 fully saturated rings. The van der Waals surface area contributed by atoms with Crippen molar-refractivity contribution in [2.45, 2.75) is 51.0 Å². The van der Waals surface area contributed by atoms with Gasteiger partial charge in [-0.2, -0.15) is 0 Å². The van der Waals surface area contributed by atoms with Crippen molar-refractivity contribution in [2.24, 2.45) is 0 Å². The highest BCUT2D eigenvalue weighted by molar-refractivity contribution is 9.10. The molecule has 0 bridgehead atoms. The number of benzene rings is 1. The van der Waals surface area contributed by atoms with Crippen molar-refractivity contribution in [3.63, 3.8) is 0 Å². The normalized spacial score (nSPS) is 17.1. The summed E-state index contributed by atoms with van der Waals surface area (Å²) < 4.78 is 0.965. The van der Waals surface area contributed by atoms with Crippen LogP contribution >= 0.6 is 39.7 Å². The Kier molecular flexibility index (Phi) is 6.59. The van der Waals surface area contributed by atoms with Gasteiger partial charge in [0.2, 0.25) is 0 Å². The topological polar surface area (TPSA) is 24.1 Å². The number of halogens is 2. The van der Waals surface area contributed by atoms with Gasteiger partial charge in [0.05, 0.1) is 10.7 Å². The van der Waals surface area contributed by atoms with Gasteiger partial charge >= 0.3 is 0 Å². The lowest BCUT2D eigenvalue weighted by Crippen LogP contribution is -2.38. The van der Waals surface area contributed by atoms with Crippen molar-refractivity contribution in [1.82, 2.24) is 5.32 Å². The molecule has 0 atom stereocenters. The fraction of sp³-hybridized carbons (Fsp3) is 0.533. The minimum Gasteiger partial charge on any atom is -0.360 e. The minimum absolute atomic E-state index is 0.490. The summed E-state index contributed by atoms with van der Waals surface area (Å²) in [7, 11) is 0. The van der Waals surface area contributed by atoms with Gasteiger partial charge in [0, 0.05) is 10.5 Å². The van der Waals surface area contributed by atoms with E-state index in [4.69, 9.17) is 23.8 Å². The first-order valence-electron chi connectivity index (χ1n) is 7.18. The van der Waals surface area contributed by atoms with Crippen LogP contribution in [0.2, 0.25) is 5.02 Å². The van der Waals surface area contributed by atoms with E-state index in [0.717, 1.165) is 10.2 Å². The molecule has 0 radical (unpaired) electrons. The van der Waals surface area contributed by atoms with Gasteiger partial charge in [-0.3, -0.25) is 0 Å². The van der Waals surface area contributed by atoms with Gasteiger partial charge in [0.15, 0.2) is 5.11 Å². The molecule has 0 spiro atoms. The molecule has 0 aliphatic heterocycles. The minimum atomic E-state index is 0.490. The SMILES string of the molecule is S=C(Nc1ccc(Br)cc1Cl)NC1CCCCCCC1. The van der Waals surface area contributed by atoms with Crippen LogP contribution in [0, 0.1) is 0 Å². The van der Waals surface area contributed by atoms with Crippen LogP contribution in [0.25, 0.3) is 0 Å². The third-order valence-electron chi connectivity index (χ3n) is 3.62. The number of hydrogen-bond acceptors (Lipinski definition) is 1. The Hall–Kier alpha value is -0.320. The molecule has 2 rings (SSSR count). The third kappa shape index (κ3) is 5.23. The van der Waals surface area contributed by atoms with Crippen LogP contribution in [0.4, 0.5) is 5.69 Å². The first-order valence-corrected chi connectivity index (χ1v) is 8.75. The molecule has 1 aliphatic rings. The van der Waals surface area contributed by atoms with E-state index in [2.05, 4.69) is 26.6 Å². The fourth-order valence-electron chi connectivity index (χ4n) is 2.54. The van der Waals surface area contributed by atoms with Crippen LogP contribution < -0.4 is 10.6 Å². The van der Waals surface area contributed by atoms with Gasteiger partial charge in [-0.25, -0.2) is 0 Å². The molecule has 1 aliphatic carbocycles. The zero-order valence-corrected chi connectivity index (χ0v) is 14.6. The van der Waals surface area contributed by atoms with Crippen molar-refractivity contribution in [3.05, 3.63) is 27.7 Å². The lowest BCUT2D eigenvalue weighted by molar-refractivity contribution is 0.430. The predicted molar refractivity (Wildman–Crippen MR) is 94.6 cm³/mol. The molecule has 5 heteroatoms. The second kappa shape index (κ2) is 8.20. The van der Waals surface area contributed by atoms with E-state index in [1.807, 2.05) is 18.2 Å². The Morgan fingerprint density at radius 1 is 1.15 bits per heavy atom. The molecule has 0 saturated heterocycles. The molecule has 20 heavy (non-hydrogen) atoms. The van der Waals surface area contributed by atoms with Gasteiger partial charge < -0.3 is 10.6 Å². The highest BCUT2D eigenvalue weighted by Gasteiger charge is 2.12. The summed E-state index contributed by atoms with van der Waals surface area (Å²) in [6.45, 7) is 0. The van der Waals surface area contributed by atoms with Gasteiger partial charge in [-0.15, -0.1) is 0 Å². The largest absolute Gasteiger partial charge is 0.360 e. The van der Waals surface area contributed by atoms with Crippen molar-refractivity contribution < 1.29 is 0 Å². The van der Waals surface area contributed by atoms with Crippen molar-refractivity contribution >= 4 is 50.5 Å². The smallest absolute Gasteiger partial charge is 0.171 e. The van der Waals surface area contributed by atoms with E-state index in [1.165, 1.54) is 44.9 Å². The Bertz CT molecular complexity index is 459. The summed E-state index contributed by atoms with van der Waals surface area (Å²) in [5, 5.41) is 7.95. The maximum atomic E-state index is 6.18. The maximum absolute atomic E-state index is 6.18. The first kappa shape index (κ1) is 16.1. The van der Waals surface area contributed by atoms with Gasteiger partial charge in [-0.1, -0.05) is 59.6 Å². The van der Waals surface area contributed by atoms with E-state index in [1.54, 1.807) is 0 Å². The molecule has 1 saturated carbocycles. The number of hydrogen-bond donors (Lipinski definition) is 2. The predicted octanol–water partition coefficient (Wildman–Crippen LogP) is 5.50. The summed E-state index contributed by atoms with van der Waals surface area (Å²) in [6, 6.07) is 6.23. The molecular formula is C15H20BrClN2S. The van der Waals surface area contributed by atoms with E-state index in [-0.39, 0.29) is 0 Å². The zero-order valence-electron chi connectivity index (χ0n) is 11.4. The molecular weight excluding hydrogens is 356 g/mol. The highest BCUT2D eigenvalue weighted by Crippen LogP contribution is 2.25. The number of rotatable bonds is 2. The summed E-state index contributed by atoms with van der Waals surface area (Å²) in [6.07, 6.45) is 9.06. The lowest BCUT2D eigenvalue weighted by Gasteiger charge is -2.23. The molecule has 0 aromatic heterocycles. The van der Waals surface area contributed by atoms with Gasteiger partial charge in [-0.05, 0) is 43.3 Å². The fourth-order valence-corrected chi connectivity index (χ4v) is 3.53. The van der Waals surface area contributed by atoms with E-state index in [0.29, 0.717) is 16.2 Å².